The van der Waals surface area contributed by atoms with Crippen molar-refractivity contribution in [2.75, 3.05) is 6.61 Å². The Balaban J connectivity index is 1.84. The number of H-pyrrole nitrogens is 2. The standard InChI is InChI=1S/C23H29ClN4O4/c1-6-14-19(21(29)31-7-2)17(28-20(14)22(30)32-23(3,4)5)11-25-12-18-26-15-9-8-13(24)10-16(15)27-18/h8-10,25,28H,6-7,11-12H2,1-5H3,(H,26,27). The molecule has 0 saturated carbocycles. The monoisotopic (exact) mass is 460 g/mol. The lowest BCUT2D eigenvalue weighted by Crippen LogP contribution is -2.24. The lowest BCUT2D eigenvalue weighted by molar-refractivity contribution is 0.00621. The fourth-order valence-corrected chi connectivity index (χ4v) is 3.63. The van der Waals surface area contributed by atoms with Crippen LogP contribution in [0.25, 0.3) is 11.0 Å². The molecule has 0 fully saturated rings. The first-order chi connectivity index (χ1) is 15.1. The van der Waals surface area contributed by atoms with Crippen LogP contribution in [0.15, 0.2) is 18.2 Å². The molecule has 9 heteroatoms. The number of aromatic nitrogens is 3. The first kappa shape index (κ1) is 23.8. The number of hydrogen-bond donors (Lipinski definition) is 3. The molecular formula is C23H29ClN4O4. The highest BCUT2D eigenvalue weighted by molar-refractivity contribution is 6.31. The summed E-state index contributed by atoms with van der Waals surface area (Å²) in [7, 11) is 0. The van der Waals surface area contributed by atoms with Crippen LogP contribution in [-0.2, 0) is 29.0 Å². The number of benzene rings is 1. The van der Waals surface area contributed by atoms with Crippen LogP contribution in [0.3, 0.4) is 0 Å². The Morgan fingerprint density at radius 2 is 1.88 bits per heavy atom. The summed E-state index contributed by atoms with van der Waals surface area (Å²) in [5.74, 6) is -0.236. The second-order valence-corrected chi connectivity index (χ2v) is 8.79. The van der Waals surface area contributed by atoms with E-state index in [0.717, 1.165) is 16.9 Å². The van der Waals surface area contributed by atoms with Crippen LogP contribution in [0.1, 0.15) is 72.5 Å². The molecule has 0 saturated heterocycles. The Kier molecular flexibility index (Phi) is 7.26. The van der Waals surface area contributed by atoms with Crippen LogP contribution >= 0.6 is 11.6 Å². The Morgan fingerprint density at radius 1 is 1.12 bits per heavy atom. The van der Waals surface area contributed by atoms with Crippen LogP contribution in [0, 0.1) is 0 Å². The normalized spacial score (nSPS) is 11.7. The third kappa shape index (κ3) is 5.49. The fourth-order valence-electron chi connectivity index (χ4n) is 3.46. The van der Waals surface area contributed by atoms with Gasteiger partial charge in [-0.05, 0) is 57.9 Å². The third-order valence-electron chi connectivity index (χ3n) is 4.70. The van der Waals surface area contributed by atoms with E-state index in [-0.39, 0.29) is 12.3 Å². The zero-order chi connectivity index (χ0) is 23.5. The Morgan fingerprint density at radius 3 is 2.53 bits per heavy atom. The molecule has 0 aliphatic carbocycles. The van der Waals surface area contributed by atoms with Gasteiger partial charge in [0.1, 0.15) is 17.1 Å². The van der Waals surface area contributed by atoms with E-state index >= 15 is 0 Å². The van der Waals surface area contributed by atoms with Crippen LogP contribution < -0.4 is 5.32 Å². The second kappa shape index (κ2) is 9.75. The van der Waals surface area contributed by atoms with Gasteiger partial charge in [-0.1, -0.05) is 18.5 Å². The minimum atomic E-state index is -0.653. The molecule has 3 N–H and O–H groups in total. The highest BCUT2D eigenvalue weighted by atomic mass is 35.5. The molecule has 2 heterocycles. The molecule has 172 valence electrons. The van der Waals surface area contributed by atoms with E-state index in [4.69, 9.17) is 21.1 Å². The van der Waals surface area contributed by atoms with Gasteiger partial charge >= 0.3 is 11.9 Å². The number of carbonyl (C=O) groups excluding carboxylic acids is 2. The summed E-state index contributed by atoms with van der Waals surface area (Å²) in [5.41, 5.74) is 2.83. The first-order valence-corrected chi connectivity index (χ1v) is 11.0. The molecule has 0 aliphatic heterocycles. The van der Waals surface area contributed by atoms with Crippen molar-refractivity contribution in [3.63, 3.8) is 0 Å². The number of nitrogens with zero attached hydrogens (tertiary/aromatic N) is 1. The van der Waals surface area contributed by atoms with Gasteiger partial charge in [0.05, 0.1) is 29.7 Å². The minimum Gasteiger partial charge on any atom is -0.462 e. The number of nitrogens with one attached hydrogen (secondary N) is 3. The van der Waals surface area contributed by atoms with Gasteiger partial charge in [0, 0.05) is 17.3 Å². The zero-order valence-electron chi connectivity index (χ0n) is 19.0. The van der Waals surface area contributed by atoms with E-state index in [1.165, 1.54) is 0 Å². The van der Waals surface area contributed by atoms with Crippen molar-refractivity contribution < 1.29 is 19.1 Å². The highest BCUT2D eigenvalue weighted by Crippen LogP contribution is 2.24. The van der Waals surface area contributed by atoms with Crippen molar-refractivity contribution in [3.05, 3.63) is 51.6 Å². The van der Waals surface area contributed by atoms with Crippen molar-refractivity contribution in [1.29, 1.82) is 0 Å². The quantitative estimate of drug-likeness (QED) is 0.426. The summed E-state index contributed by atoms with van der Waals surface area (Å²) in [6.07, 6.45) is 0.476. The largest absolute Gasteiger partial charge is 0.462 e. The molecule has 2 aromatic heterocycles. The number of aromatic amines is 2. The lowest BCUT2D eigenvalue weighted by atomic mass is 10.1. The topological polar surface area (TPSA) is 109 Å². The average Bonchev–Trinajstić information content (AvgIpc) is 3.27. The Hall–Kier alpha value is -2.84. The number of imidazole rings is 1. The van der Waals surface area contributed by atoms with Gasteiger partial charge in [0.2, 0.25) is 0 Å². The fraction of sp³-hybridized carbons (Fsp3) is 0.435. The number of rotatable bonds is 8. The molecule has 0 unspecified atom stereocenters. The maximum Gasteiger partial charge on any atom is 0.355 e. The number of carbonyl (C=O) groups is 2. The number of hydrogen-bond acceptors (Lipinski definition) is 6. The SMILES string of the molecule is CCOC(=O)c1c(CNCc2nc3ccc(Cl)cc3[nH]2)[nH]c(C(=O)OC(C)(C)C)c1CC. The summed E-state index contributed by atoms with van der Waals surface area (Å²) in [4.78, 5) is 36.3. The van der Waals surface area contributed by atoms with Gasteiger partial charge in [0.15, 0.2) is 0 Å². The minimum absolute atomic E-state index is 0.239. The van der Waals surface area contributed by atoms with Gasteiger partial charge < -0.3 is 24.8 Å². The third-order valence-corrected chi connectivity index (χ3v) is 4.94. The van der Waals surface area contributed by atoms with Crippen LogP contribution in [0.4, 0.5) is 0 Å². The Bertz CT molecular complexity index is 1130. The molecule has 0 amide bonds. The maximum absolute atomic E-state index is 12.8. The lowest BCUT2D eigenvalue weighted by Gasteiger charge is -2.19. The van der Waals surface area contributed by atoms with Crippen molar-refractivity contribution in [1.82, 2.24) is 20.3 Å². The molecular weight excluding hydrogens is 432 g/mol. The summed E-state index contributed by atoms with van der Waals surface area (Å²) in [6.45, 7) is 10.0. The van der Waals surface area contributed by atoms with E-state index < -0.39 is 17.5 Å². The molecule has 32 heavy (non-hydrogen) atoms. The summed E-state index contributed by atoms with van der Waals surface area (Å²) in [6, 6.07) is 5.46. The van der Waals surface area contributed by atoms with E-state index in [2.05, 4.69) is 20.3 Å². The van der Waals surface area contributed by atoms with Crippen LogP contribution in [0.5, 0.6) is 0 Å². The molecule has 1 aromatic carbocycles. The van der Waals surface area contributed by atoms with Crippen molar-refractivity contribution in [2.24, 2.45) is 0 Å². The molecule has 0 spiro atoms. The van der Waals surface area contributed by atoms with Crippen LogP contribution in [-0.4, -0.2) is 39.1 Å². The average molecular weight is 461 g/mol. The smallest absolute Gasteiger partial charge is 0.355 e. The Labute approximate surface area is 192 Å². The van der Waals surface area contributed by atoms with E-state index in [1.54, 1.807) is 33.8 Å². The van der Waals surface area contributed by atoms with Crippen LogP contribution in [0.2, 0.25) is 5.02 Å². The molecule has 0 atom stereocenters. The van der Waals surface area contributed by atoms with Crippen molar-refractivity contribution in [2.45, 2.75) is 59.7 Å². The second-order valence-electron chi connectivity index (χ2n) is 8.36. The predicted molar refractivity (Wildman–Crippen MR) is 123 cm³/mol. The van der Waals surface area contributed by atoms with Crippen molar-refractivity contribution in [3.8, 4) is 0 Å². The van der Waals surface area contributed by atoms with Gasteiger partial charge in [-0.3, -0.25) is 0 Å². The van der Waals surface area contributed by atoms with Gasteiger partial charge in [-0.15, -0.1) is 0 Å². The molecule has 8 nitrogen and oxygen atoms in total. The molecule has 0 radical (unpaired) electrons. The van der Waals surface area contributed by atoms with E-state index in [0.29, 0.717) is 41.4 Å². The maximum atomic E-state index is 12.8. The van der Waals surface area contributed by atoms with Crippen molar-refractivity contribution >= 4 is 34.6 Å². The molecule has 0 aliphatic rings. The highest BCUT2D eigenvalue weighted by Gasteiger charge is 2.29. The molecule has 3 rings (SSSR count). The summed E-state index contributed by atoms with van der Waals surface area (Å²) < 4.78 is 10.8. The van der Waals surface area contributed by atoms with Gasteiger partial charge in [0.25, 0.3) is 0 Å². The number of halogens is 1. The number of esters is 2. The zero-order valence-corrected chi connectivity index (χ0v) is 19.8. The predicted octanol–water partition coefficient (Wildman–Crippen LogP) is 4.53. The van der Waals surface area contributed by atoms with Gasteiger partial charge in [-0.25, -0.2) is 14.6 Å². The summed E-state index contributed by atoms with van der Waals surface area (Å²) >= 11 is 6.03. The van der Waals surface area contributed by atoms with E-state index in [9.17, 15) is 9.59 Å². The molecule has 0 bridgehead atoms. The summed E-state index contributed by atoms with van der Waals surface area (Å²) in [5, 5.41) is 3.90. The van der Waals surface area contributed by atoms with Gasteiger partial charge in [-0.2, -0.15) is 0 Å². The number of ether oxygens (including phenoxy) is 2. The van der Waals surface area contributed by atoms with E-state index in [1.807, 2.05) is 19.1 Å². The molecule has 3 aromatic rings. The number of fused-ring (bicyclic) bond motifs is 1. The first-order valence-electron chi connectivity index (χ1n) is 10.6.